The molecule has 24 heavy (non-hydrogen) atoms. The van der Waals surface area contributed by atoms with Crippen molar-refractivity contribution in [2.75, 3.05) is 0 Å². The summed E-state index contributed by atoms with van der Waals surface area (Å²) in [6.45, 7) is 4.59. The third-order valence-corrected chi connectivity index (χ3v) is 6.53. The molecule has 1 aliphatic rings. The van der Waals surface area contributed by atoms with Crippen molar-refractivity contribution in [3.05, 3.63) is 29.3 Å². The molecule has 1 aliphatic carbocycles. The summed E-state index contributed by atoms with van der Waals surface area (Å²) in [6.07, 6.45) is 7.28. The zero-order valence-corrected chi connectivity index (χ0v) is 15.6. The van der Waals surface area contributed by atoms with E-state index in [0.29, 0.717) is 18.4 Å². The number of carbonyl (C=O) groups is 1. The number of aromatic nitrogens is 1. The van der Waals surface area contributed by atoms with Crippen molar-refractivity contribution in [1.29, 1.82) is 0 Å². The number of fused-ring (bicyclic) bond motifs is 1. The molecular formula is C20H28N2OS. The standard InChI is InChI=1S/C20H28N2OS/c1-14-8-7-10-16(15(14)2)21-19(23)12-5-6-13-20-22-17-9-3-4-11-18(17)24-20/h3-4,9,11,14-16H,5-8,10,12-13H2,1-2H3,(H,21,23). The van der Waals surface area contributed by atoms with Gasteiger partial charge in [0.25, 0.3) is 0 Å². The third kappa shape index (κ3) is 4.35. The van der Waals surface area contributed by atoms with Crippen molar-refractivity contribution >= 4 is 27.5 Å². The van der Waals surface area contributed by atoms with Gasteiger partial charge in [-0.1, -0.05) is 38.8 Å². The summed E-state index contributed by atoms with van der Waals surface area (Å²) in [5.74, 6) is 1.55. The maximum Gasteiger partial charge on any atom is 0.220 e. The van der Waals surface area contributed by atoms with Gasteiger partial charge in [0.2, 0.25) is 5.91 Å². The molecule has 3 atom stereocenters. The molecule has 0 radical (unpaired) electrons. The molecule has 1 saturated carbocycles. The van der Waals surface area contributed by atoms with Crippen LogP contribution in [-0.2, 0) is 11.2 Å². The number of hydrogen-bond donors (Lipinski definition) is 1. The summed E-state index contributed by atoms with van der Waals surface area (Å²) in [5.41, 5.74) is 1.09. The minimum Gasteiger partial charge on any atom is -0.353 e. The van der Waals surface area contributed by atoms with Gasteiger partial charge in [-0.05, 0) is 49.7 Å². The lowest BCUT2D eigenvalue weighted by molar-refractivity contribution is -0.122. The topological polar surface area (TPSA) is 42.0 Å². The van der Waals surface area contributed by atoms with Crippen LogP contribution in [0.25, 0.3) is 10.2 Å². The van der Waals surface area contributed by atoms with Crippen molar-refractivity contribution in [3.8, 4) is 0 Å². The number of unbranched alkanes of at least 4 members (excludes halogenated alkanes) is 1. The molecule has 3 rings (SSSR count). The van der Waals surface area contributed by atoms with Crippen LogP contribution < -0.4 is 5.32 Å². The predicted molar refractivity (Wildman–Crippen MR) is 101 cm³/mol. The molecule has 2 aromatic rings. The third-order valence-electron chi connectivity index (χ3n) is 5.44. The largest absolute Gasteiger partial charge is 0.353 e. The highest BCUT2D eigenvalue weighted by atomic mass is 32.1. The molecule has 0 aliphatic heterocycles. The number of rotatable bonds is 6. The van der Waals surface area contributed by atoms with Gasteiger partial charge in [-0.3, -0.25) is 4.79 Å². The van der Waals surface area contributed by atoms with Crippen LogP contribution in [-0.4, -0.2) is 16.9 Å². The Morgan fingerprint density at radius 2 is 2.08 bits per heavy atom. The number of carbonyl (C=O) groups excluding carboxylic acids is 1. The van der Waals surface area contributed by atoms with Crippen molar-refractivity contribution in [2.24, 2.45) is 11.8 Å². The molecule has 1 heterocycles. The molecule has 1 amide bonds. The van der Waals surface area contributed by atoms with E-state index in [2.05, 4.69) is 42.3 Å². The summed E-state index contributed by atoms with van der Waals surface area (Å²) in [5, 5.41) is 4.45. The second-order valence-corrected chi connectivity index (χ2v) is 8.34. The molecule has 3 nitrogen and oxygen atoms in total. The minimum atomic E-state index is 0.227. The summed E-state index contributed by atoms with van der Waals surface area (Å²) >= 11 is 1.77. The molecule has 4 heteroatoms. The summed E-state index contributed by atoms with van der Waals surface area (Å²) in [6, 6.07) is 8.65. The van der Waals surface area contributed by atoms with E-state index < -0.39 is 0 Å². The first-order valence-corrected chi connectivity index (χ1v) is 10.1. The maximum atomic E-state index is 12.2. The quantitative estimate of drug-likeness (QED) is 0.753. The van der Waals surface area contributed by atoms with Gasteiger partial charge in [0, 0.05) is 12.5 Å². The molecule has 1 N–H and O–H groups in total. The normalized spacial score (nSPS) is 24.2. The lowest BCUT2D eigenvalue weighted by Crippen LogP contribution is -2.43. The highest BCUT2D eigenvalue weighted by Crippen LogP contribution is 2.29. The van der Waals surface area contributed by atoms with Crippen LogP contribution in [0.1, 0.15) is 57.4 Å². The zero-order valence-electron chi connectivity index (χ0n) is 14.8. The fourth-order valence-corrected chi connectivity index (χ4v) is 4.66. The van der Waals surface area contributed by atoms with E-state index in [0.717, 1.165) is 37.1 Å². The van der Waals surface area contributed by atoms with Crippen LogP contribution in [0.3, 0.4) is 0 Å². The van der Waals surface area contributed by atoms with Crippen LogP contribution in [0.15, 0.2) is 24.3 Å². The van der Waals surface area contributed by atoms with Crippen LogP contribution in [0, 0.1) is 11.8 Å². The van der Waals surface area contributed by atoms with E-state index >= 15 is 0 Å². The van der Waals surface area contributed by atoms with Gasteiger partial charge in [-0.15, -0.1) is 11.3 Å². The Morgan fingerprint density at radius 3 is 2.92 bits per heavy atom. The van der Waals surface area contributed by atoms with E-state index in [4.69, 9.17) is 0 Å². The average Bonchev–Trinajstić information content (AvgIpc) is 2.99. The Kier molecular flexibility index (Phi) is 5.88. The molecule has 0 saturated heterocycles. The van der Waals surface area contributed by atoms with E-state index in [1.54, 1.807) is 11.3 Å². The first kappa shape index (κ1) is 17.4. The lowest BCUT2D eigenvalue weighted by atomic mass is 9.78. The number of thiazole rings is 1. The van der Waals surface area contributed by atoms with Gasteiger partial charge in [-0.2, -0.15) is 0 Å². The van der Waals surface area contributed by atoms with Crippen molar-refractivity contribution in [2.45, 2.75) is 64.8 Å². The van der Waals surface area contributed by atoms with Gasteiger partial charge < -0.3 is 5.32 Å². The number of benzene rings is 1. The van der Waals surface area contributed by atoms with E-state index in [1.807, 2.05) is 6.07 Å². The first-order valence-electron chi connectivity index (χ1n) is 9.27. The molecule has 0 spiro atoms. The molecule has 0 bridgehead atoms. The van der Waals surface area contributed by atoms with Crippen LogP contribution >= 0.6 is 11.3 Å². The number of amides is 1. The number of nitrogens with one attached hydrogen (secondary N) is 1. The van der Waals surface area contributed by atoms with Crippen molar-refractivity contribution in [1.82, 2.24) is 10.3 Å². The maximum absolute atomic E-state index is 12.2. The van der Waals surface area contributed by atoms with Gasteiger partial charge in [0.05, 0.1) is 15.2 Å². The summed E-state index contributed by atoms with van der Waals surface area (Å²) < 4.78 is 1.26. The highest BCUT2D eigenvalue weighted by Gasteiger charge is 2.27. The fourth-order valence-electron chi connectivity index (χ4n) is 3.65. The highest BCUT2D eigenvalue weighted by molar-refractivity contribution is 7.18. The molecule has 3 unspecified atom stereocenters. The lowest BCUT2D eigenvalue weighted by Gasteiger charge is -2.34. The fraction of sp³-hybridized carbons (Fsp3) is 0.600. The predicted octanol–water partition coefficient (Wildman–Crippen LogP) is 4.95. The minimum absolute atomic E-state index is 0.227. The van der Waals surface area contributed by atoms with Gasteiger partial charge in [0.1, 0.15) is 0 Å². The Hall–Kier alpha value is -1.42. The number of aryl methyl sites for hydroxylation is 1. The average molecular weight is 345 g/mol. The monoisotopic (exact) mass is 344 g/mol. The van der Waals surface area contributed by atoms with Crippen molar-refractivity contribution in [3.63, 3.8) is 0 Å². The Balaban J connectivity index is 1.39. The molecule has 130 valence electrons. The van der Waals surface area contributed by atoms with Crippen molar-refractivity contribution < 1.29 is 4.79 Å². The van der Waals surface area contributed by atoms with Crippen LogP contribution in [0.4, 0.5) is 0 Å². The number of hydrogen-bond acceptors (Lipinski definition) is 3. The summed E-state index contributed by atoms with van der Waals surface area (Å²) in [7, 11) is 0. The van der Waals surface area contributed by atoms with Crippen LogP contribution in [0.5, 0.6) is 0 Å². The number of para-hydroxylation sites is 1. The Labute approximate surface area is 148 Å². The smallest absolute Gasteiger partial charge is 0.220 e. The second kappa shape index (κ2) is 8.11. The Morgan fingerprint density at radius 1 is 1.25 bits per heavy atom. The van der Waals surface area contributed by atoms with E-state index in [-0.39, 0.29) is 5.91 Å². The van der Waals surface area contributed by atoms with Crippen LogP contribution in [0.2, 0.25) is 0 Å². The van der Waals surface area contributed by atoms with Gasteiger partial charge in [-0.25, -0.2) is 4.98 Å². The molecule has 1 aromatic carbocycles. The Bertz CT molecular complexity index is 648. The molecular weight excluding hydrogens is 316 g/mol. The first-order chi connectivity index (χ1) is 11.6. The zero-order chi connectivity index (χ0) is 16.9. The second-order valence-electron chi connectivity index (χ2n) is 7.22. The van der Waals surface area contributed by atoms with Gasteiger partial charge >= 0.3 is 0 Å². The number of nitrogens with zero attached hydrogens (tertiary/aromatic N) is 1. The van der Waals surface area contributed by atoms with E-state index in [9.17, 15) is 4.79 Å². The molecule has 1 fully saturated rings. The van der Waals surface area contributed by atoms with E-state index in [1.165, 1.54) is 22.5 Å². The summed E-state index contributed by atoms with van der Waals surface area (Å²) in [4.78, 5) is 16.9. The van der Waals surface area contributed by atoms with Gasteiger partial charge in [0.15, 0.2) is 0 Å². The molecule has 1 aromatic heterocycles. The SMILES string of the molecule is CC1CCCC(NC(=O)CCCCc2nc3ccccc3s2)C1C.